The highest BCUT2D eigenvalue weighted by Crippen LogP contribution is 2.34. The van der Waals surface area contributed by atoms with Gasteiger partial charge in [-0.25, -0.2) is 0 Å². The Labute approximate surface area is 171 Å². The van der Waals surface area contributed by atoms with Crippen LogP contribution in [0.2, 0.25) is 0 Å². The van der Waals surface area contributed by atoms with E-state index < -0.39 is 11.9 Å². The molecule has 8 heteroatoms. The lowest BCUT2D eigenvalue weighted by molar-refractivity contribution is -0.135. The molecule has 1 saturated heterocycles. The van der Waals surface area contributed by atoms with Gasteiger partial charge in [0.15, 0.2) is 5.88 Å². The van der Waals surface area contributed by atoms with Gasteiger partial charge in [0.2, 0.25) is 11.8 Å². The van der Waals surface area contributed by atoms with E-state index in [2.05, 4.69) is 10.6 Å². The van der Waals surface area contributed by atoms with Gasteiger partial charge in [0.1, 0.15) is 6.04 Å². The van der Waals surface area contributed by atoms with E-state index in [4.69, 9.17) is 5.26 Å². The van der Waals surface area contributed by atoms with E-state index in [1.54, 1.807) is 36.5 Å². The van der Waals surface area contributed by atoms with Crippen LogP contribution >= 0.6 is 0 Å². The van der Waals surface area contributed by atoms with Crippen molar-refractivity contribution in [2.75, 3.05) is 0 Å². The zero-order chi connectivity index (χ0) is 21.3. The number of carbonyl (C=O) groups is 3. The molecule has 3 aromatic rings. The molecule has 1 aromatic heterocycles. The molecule has 3 N–H and O–H groups in total. The number of piperidine rings is 1. The number of nitrogens with one attached hydrogen (secondary N) is 2. The smallest absolute Gasteiger partial charge is 0.251 e. The van der Waals surface area contributed by atoms with Gasteiger partial charge in [-0.2, -0.15) is 5.26 Å². The third-order valence-corrected chi connectivity index (χ3v) is 5.19. The maximum atomic E-state index is 12.5. The van der Waals surface area contributed by atoms with Gasteiger partial charge in [-0.3, -0.25) is 19.7 Å². The average Bonchev–Trinajstić information content (AvgIpc) is 3.09. The normalized spacial score (nSPS) is 16.2. The molecule has 0 bridgehead atoms. The van der Waals surface area contributed by atoms with Gasteiger partial charge in [0, 0.05) is 35.5 Å². The summed E-state index contributed by atoms with van der Waals surface area (Å²) in [6.07, 6.45) is 2.18. The topological polar surface area (TPSA) is 124 Å². The summed E-state index contributed by atoms with van der Waals surface area (Å²) in [5.74, 6) is -1.15. The minimum Gasteiger partial charge on any atom is -0.494 e. The number of fused-ring (bicyclic) bond motifs is 1. The fourth-order valence-corrected chi connectivity index (χ4v) is 3.65. The molecule has 1 aliphatic heterocycles. The zero-order valence-electron chi connectivity index (χ0n) is 15.9. The van der Waals surface area contributed by atoms with Crippen molar-refractivity contribution in [2.45, 2.75) is 25.4 Å². The Hall–Kier alpha value is -4.12. The number of nitrogens with zero attached hydrogens (tertiary/aromatic N) is 2. The maximum absolute atomic E-state index is 12.5. The number of rotatable bonds is 4. The summed E-state index contributed by atoms with van der Waals surface area (Å²) in [4.78, 5) is 36.1. The van der Waals surface area contributed by atoms with Crippen LogP contribution in [0, 0.1) is 11.3 Å². The van der Waals surface area contributed by atoms with Crippen molar-refractivity contribution in [1.82, 2.24) is 15.2 Å². The minimum absolute atomic E-state index is 0.0607. The van der Waals surface area contributed by atoms with E-state index in [0.29, 0.717) is 28.3 Å². The highest BCUT2D eigenvalue weighted by Gasteiger charge is 2.30. The highest BCUT2D eigenvalue weighted by atomic mass is 16.3. The minimum atomic E-state index is -0.675. The number of benzene rings is 2. The molecular weight excluding hydrogens is 384 g/mol. The van der Waals surface area contributed by atoms with Gasteiger partial charge in [0.25, 0.3) is 5.91 Å². The monoisotopic (exact) mass is 402 g/mol. The Kier molecular flexibility index (Phi) is 4.94. The number of hydrogen-bond donors (Lipinski definition) is 3. The molecule has 0 saturated carbocycles. The standard InChI is InChI=1S/C22H18N4O4/c23-10-13-3-1-4-14(9-13)20(28)24-11-15-5-2-6-16-17(15)12-26(22(16)30)18-7-8-19(27)25-21(18)29/h1-6,9,12,18,30H,7-8,11H2,(H,24,28)(H,25,27,29). The number of aromatic nitrogens is 1. The van der Waals surface area contributed by atoms with Gasteiger partial charge >= 0.3 is 0 Å². The van der Waals surface area contributed by atoms with E-state index in [9.17, 15) is 19.5 Å². The molecule has 3 amide bonds. The van der Waals surface area contributed by atoms with Crippen LogP contribution in [0.5, 0.6) is 5.88 Å². The fourth-order valence-electron chi connectivity index (χ4n) is 3.65. The molecule has 2 aromatic carbocycles. The number of hydrogen-bond acceptors (Lipinski definition) is 5. The van der Waals surface area contributed by atoms with Crippen molar-refractivity contribution in [3.8, 4) is 11.9 Å². The van der Waals surface area contributed by atoms with Crippen LogP contribution in [0.3, 0.4) is 0 Å². The molecule has 0 radical (unpaired) electrons. The second-order valence-corrected chi connectivity index (χ2v) is 7.08. The second-order valence-electron chi connectivity index (χ2n) is 7.08. The predicted molar refractivity (Wildman–Crippen MR) is 107 cm³/mol. The van der Waals surface area contributed by atoms with Gasteiger partial charge < -0.3 is 15.0 Å². The first kappa shape index (κ1) is 19.2. The zero-order valence-corrected chi connectivity index (χ0v) is 15.9. The number of nitriles is 1. The Morgan fingerprint density at radius 2 is 2.03 bits per heavy atom. The lowest BCUT2D eigenvalue weighted by Gasteiger charge is -2.22. The Balaban J connectivity index is 1.59. The second kappa shape index (κ2) is 7.72. The van der Waals surface area contributed by atoms with Crippen molar-refractivity contribution >= 4 is 28.5 Å². The van der Waals surface area contributed by atoms with Crippen molar-refractivity contribution in [2.24, 2.45) is 0 Å². The van der Waals surface area contributed by atoms with Crippen LogP contribution in [0.1, 0.15) is 40.4 Å². The van der Waals surface area contributed by atoms with E-state index in [1.807, 2.05) is 12.1 Å². The summed E-state index contributed by atoms with van der Waals surface area (Å²) < 4.78 is 1.47. The van der Waals surface area contributed by atoms with Gasteiger partial charge in [0.05, 0.1) is 11.6 Å². The highest BCUT2D eigenvalue weighted by molar-refractivity contribution is 6.00. The van der Waals surface area contributed by atoms with Crippen molar-refractivity contribution in [3.63, 3.8) is 0 Å². The Bertz CT molecular complexity index is 1220. The number of amides is 3. The Morgan fingerprint density at radius 1 is 1.23 bits per heavy atom. The summed E-state index contributed by atoms with van der Waals surface area (Å²) in [5, 5.41) is 26.0. The molecule has 30 heavy (non-hydrogen) atoms. The molecular formula is C22H18N4O4. The van der Waals surface area contributed by atoms with E-state index >= 15 is 0 Å². The maximum Gasteiger partial charge on any atom is 0.251 e. The third-order valence-electron chi connectivity index (χ3n) is 5.19. The van der Waals surface area contributed by atoms with Crippen molar-refractivity contribution in [3.05, 3.63) is 65.4 Å². The summed E-state index contributed by atoms with van der Waals surface area (Å²) in [6.45, 7) is 0.200. The third kappa shape index (κ3) is 3.49. The summed E-state index contributed by atoms with van der Waals surface area (Å²) in [6, 6.07) is 13.0. The lowest BCUT2D eigenvalue weighted by Crippen LogP contribution is -2.41. The van der Waals surface area contributed by atoms with Crippen LogP contribution in [-0.2, 0) is 16.1 Å². The fraction of sp³-hybridized carbons (Fsp3) is 0.182. The number of carbonyl (C=O) groups excluding carboxylic acids is 3. The summed E-state index contributed by atoms with van der Waals surface area (Å²) >= 11 is 0. The van der Waals surface area contributed by atoms with Crippen LogP contribution in [0.15, 0.2) is 48.7 Å². The van der Waals surface area contributed by atoms with Gasteiger partial charge in [-0.05, 0) is 36.2 Å². The molecule has 1 fully saturated rings. The molecule has 1 unspecified atom stereocenters. The first-order valence-corrected chi connectivity index (χ1v) is 9.41. The van der Waals surface area contributed by atoms with E-state index in [0.717, 1.165) is 5.56 Å². The quantitative estimate of drug-likeness (QED) is 0.577. The van der Waals surface area contributed by atoms with Gasteiger partial charge in [-0.1, -0.05) is 18.2 Å². The van der Waals surface area contributed by atoms with Crippen LogP contribution in [0.4, 0.5) is 0 Å². The predicted octanol–water partition coefficient (Wildman–Crippen LogP) is 2.13. The van der Waals surface area contributed by atoms with Gasteiger partial charge in [-0.15, -0.1) is 0 Å². The first-order valence-electron chi connectivity index (χ1n) is 9.41. The summed E-state index contributed by atoms with van der Waals surface area (Å²) in [7, 11) is 0. The molecule has 0 aliphatic carbocycles. The SMILES string of the molecule is N#Cc1cccc(C(=O)NCc2cccc3c(O)n(C4CCC(=O)NC4=O)cc23)c1. The number of imide groups is 1. The van der Waals surface area contributed by atoms with Crippen LogP contribution in [0.25, 0.3) is 10.8 Å². The number of aromatic hydroxyl groups is 1. The molecule has 2 heterocycles. The summed E-state index contributed by atoms with van der Waals surface area (Å²) in [5.41, 5.74) is 1.54. The van der Waals surface area contributed by atoms with Crippen molar-refractivity contribution < 1.29 is 19.5 Å². The van der Waals surface area contributed by atoms with Crippen molar-refractivity contribution in [1.29, 1.82) is 5.26 Å². The largest absolute Gasteiger partial charge is 0.494 e. The Morgan fingerprint density at radius 3 is 2.80 bits per heavy atom. The van der Waals surface area contributed by atoms with E-state index in [1.165, 1.54) is 10.6 Å². The molecule has 150 valence electrons. The lowest BCUT2D eigenvalue weighted by atomic mass is 10.1. The van der Waals surface area contributed by atoms with E-state index in [-0.39, 0.29) is 30.7 Å². The van der Waals surface area contributed by atoms with Crippen LogP contribution in [-0.4, -0.2) is 27.4 Å². The first-order chi connectivity index (χ1) is 14.5. The molecule has 1 aliphatic rings. The van der Waals surface area contributed by atoms with Crippen LogP contribution < -0.4 is 10.6 Å². The molecule has 0 spiro atoms. The average molecular weight is 402 g/mol. The molecule has 1 atom stereocenters. The molecule has 4 rings (SSSR count). The molecule has 8 nitrogen and oxygen atoms in total.